The molecule has 104 valence electrons. The molecule has 0 saturated heterocycles. The Morgan fingerprint density at radius 1 is 1.44 bits per heavy atom. The van der Waals surface area contributed by atoms with Crippen LogP contribution in [0.25, 0.3) is 0 Å². The van der Waals surface area contributed by atoms with E-state index in [-0.39, 0.29) is 24.9 Å². The lowest BCUT2D eigenvalue weighted by atomic mass is 9.95. The SMILES string of the molecule is CC(NC(=O)CCNS(C)(=O)=O)C1=CCCCC1. The monoisotopic (exact) mass is 274 g/mol. The average molecular weight is 274 g/mol. The predicted molar refractivity (Wildman–Crippen MR) is 71.6 cm³/mol. The summed E-state index contributed by atoms with van der Waals surface area (Å²) in [6.07, 6.45) is 7.99. The van der Waals surface area contributed by atoms with Crippen LogP contribution in [-0.4, -0.2) is 33.2 Å². The molecule has 0 aromatic rings. The summed E-state index contributed by atoms with van der Waals surface area (Å²) in [5, 5.41) is 2.89. The van der Waals surface area contributed by atoms with Crippen molar-refractivity contribution in [1.29, 1.82) is 0 Å². The van der Waals surface area contributed by atoms with Crippen molar-refractivity contribution < 1.29 is 13.2 Å². The number of nitrogens with one attached hydrogen (secondary N) is 2. The van der Waals surface area contributed by atoms with E-state index in [0.717, 1.165) is 19.1 Å². The van der Waals surface area contributed by atoms with Crippen LogP contribution in [0.3, 0.4) is 0 Å². The highest BCUT2D eigenvalue weighted by molar-refractivity contribution is 7.88. The lowest BCUT2D eigenvalue weighted by Crippen LogP contribution is -2.36. The Labute approximate surface area is 109 Å². The van der Waals surface area contributed by atoms with Crippen molar-refractivity contribution in [2.45, 2.75) is 45.1 Å². The zero-order valence-corrected chi connectivity index (χ0v) is 11.8. The van der Waals surface area contributed by atoms with E-state index in [4.69, 9.17) is 0 Å². The molecule has 1 aliphatic rings. The molecule has 2 N–H and O–H groups in total. The first-order chi connectivity index (χ1) is 8.38. The van der Waals surface area contributed by atoms with Crippen molar-refractivity contribution in [3.8, 4) is 0 Å². The minimum atomic E-state index is -3.21. The molecule has 0 bridgehead atoms. The summed E-state index contributed by atoms with van der Waals surface area (Å²) >= 11 is 0. The van der Waals surface area contributed by atoms with Gasteiger partial charge in [0.1, 0.15) is 0 Å². The number of amides is 1. The smallest absolute Gasteiger partial charge is 0.221 e. The molecule has 1 rings (SSSR count). The second-order valence-corrected chi connectivity index (χ2v) is 6.56. The Hall–Kier alpha value is -0.880. The van der Waals surface area contributed by atoms with Gasteiger partial charge < -0.3 is 5.32 Å². The third-order valence-corrected chi connectivity index (χ3v) is 3.70. The van der Waals surface area contributed by atoms with Gasteiger partial charge in [0.2, 0.25) is 15.9 Å². The summed E-state index contributed by atoms with van der Waals surface area (Å²) in [5.74, 6) is -0.120. The second-order valence-electron chi connectivity index (χ2n) is 4.73. The Morgan fingerprint density at radius 3 is 2.72 bits per heavy atom. The molecule has 1 aliphatic carbocycles. The van der Waals surface area contributed by atoms with E-state index in [1.807, 2.05) is 6.92 Å². The fourth-order valence-electron chi connectivity index (χ4n) is 2.01. The van der Waals surface area contributed by atoms with E-state index in [1.165, 1.54) is 18.4 Å². The molecular weight excluding hydrogens is 252 g/mol. The molecule has 5 nitrogen and oxygen atoms in total. The van der Waals surface area contributed by atoms with Crippen LogP contribution in [-0.2, 0) is 14.8 Å². The predicted octanol–water partition coefficient (Wildman–Crippen LogP) is 0.931. The molecule has 0 spiro atoms. The molecule has 1 unspecified atom stereocenters. The van der Waals surface area contributed by atoms with Gasteiger partial charge in [0.15, 0.2) is 0 Å². The fourth-order valence-corrected chi connectivity index (χ4v) is 2.49. The quantitative estimate of drug-likeness (QED) is 0.708. The summed E-state index contributed by atoms with van der Waals surface area (Å²) in [7, 11) is -3.21. The maximum Gasteiger partial charge on any atom is 0.221 e. The first-order valence-corrected chi connectivity index (χ1v) is 8.20. The van der Waals surface area contributed by atoms with Crippen molar-refractivity contribution in [2.24, 2.45) is 0 Å². The van der Waals surface area contributed by atoms with Crippen molar-refractivity contribution in [3.63, 3.8) is 0 Å². The van der Waals surface area contributed by atoms with Gasteiger partial charge in [-0.3, -0.25) is 4.79 Å². The fraction of sp³-hybridized carbons (Fsp3) is 0.750. The molecule has 0 aromatic carbocycles. The maximum atomic E-state index is 11.6. The Bertz CT molecular complexity index is 415. The van der Waals surface area contributed by atoms with Gasteiger partial charge in [0.05, 0.1) is 6.26 Å². The standard InChI is InChI=1S/C12H22N2O3S/c1-10(11-6-4-3-5-7-11)14-12(15)8-9-13-18(2,16)17/h6,10,13H,3-5,7-9H2,1-2H3,(H,14,15). The molecule has 18 heavy (non-hydrogen) atoms. The van der Waals surface area contributed by atoms with Crippen LogP contribution in [0.5, 0.6) is 0 Å². The van der Waals surface area contributed by atoms with Crippen molar-refractivity contribution in [3.05, 3.63) is 11.6 Å². The molecular formula is C12H22N2O3S. The topological polar surface area (TPSA) is 75.3 Å². The minimum Gasteiger partial charge on any atom is -0.350 e. The van der Waals surface area contributed by atoms with E-state index < -0.39 is 10.0 Å². The van der Waals surface area contributed by atoms with Crippen molar-refractivity contribution in [2.75, 3.05) is 12.8 Å². The van der Waals surface area contributed by atoms with Gasteiger partial charge in [-0.05, 0) is 32.6 Å². The zero-order valence-electron chi connectivity index (χ0n) is 11.0. The molecule has 0 fully saturated rings. The summed E-state index contributed by atoms with van der Waals surface area (Å²) in [6.45, 7) is 2.12. The van der Waals surface area contributed by atoms with Crippen LogP contribution in [0.15, 0.2) is 11.6 Å². The molecule has 0 aliphatic heterocycles. The average Bonchev–Trinajstić information content (AvgIpc) is 2.28. The van der Waals surface area contributed by atoms with E-state index >= 15 is 0 Å². The van der Waals surface area contributed by atoms with Crippen LogP contribution in [0.4, 0.5) is 0 Å². The highest BCUT2D eigenvalue weighted by atomic mass is 32.2. The number of hydrogen-bond acceptors (Lipinski definition) is 3. The van der Waals surface area contributed by atoms with E-state index in [9.17, 15) is 13.2 Å². The van der Waals surface area contributed by atoms with E-state index in [2.05, 4.69) is 16.1 Å². The van der Waals surface area contributed by atoms with Crippen LogP contribution >= 0.6 is 0 Å². The highest BCUT2D eigenvalue weighted by Crippen LogP contribution is 2.19. The number of allylic oxidation sites excluding steroid dienone is 1. The Balaban J connectivity index is 2.29. The molecule has 0 aromatic heterocycles. The molecule has 0 heterocycles. The largest absolute Gasteiger partial charge is 0.350 e. The summed E-state index contributed by atoms with van der Waals surface area (Å²) in [4.78, 5) is 11.6. The lowest BCUT2D eigenvalue weighted by Gasteiger charge is -2.20. The van der Waals surface area contributed by atoms with Gasteiger partial charge in [-0.2, -0.15) is 0 Å². The third kappa shape index (κ3) is 6.16. The number of carbonyl (C=O) groups is 1. The molecule has 0 radical (unpaired) electrons. The van der Waals surface area contributed by atoms with E-state index in [0.29, 0.717) is 0 Å². The normalized spacial score (nSPS) is 18.0. The molecule has 6 heteroatoms. The van der Waals surface area contributed by atoms with Gasteiger partial charge in [-0.15, -0.1) is 0 Å². The van der Waals surface area contributed by atoms with Gasteiger partial charge in [-0.25, -0.2) is 13.1 Å². The molecule has 1 amide bonds. The van der Waals surface area contributed by atoms with Gasteiger partial charge in [0, 0.05) is 19.0 Å². The first-order valence-electron chi connectivity index (χ1n) is 6.31. The van der Waals surface area contributed by atoms with Crippen LogP contribution in [0, 0.1) is 0 Å². The van der Waals surface area contributed by atoms with E-state index in [1.54, 1.807) is 0 Å². The van der Waals surface area contributed by atoms with Gasteiger partial charge in [-0.1, -0.05) is 11.6 Å². The van der Waals surface area contributed by atoms with Crippen LogP contribution in [0.2, 0.25) is 0 Å². The van der Waals surface area contributed by atoms with Crippen molar-refractivity contribution >= 4 is 15.9 Å². The van der Waals surface area contributed by atoms with Gasteiger partial charge in [0.25, 0.3) is 0 Å². The third-order valence-electron chi connectivity index (χ3n) is 2.98. The van der Waals surface area contributed by atoms with Crippen LogP contribution in [0.1, 0.15) is 39.0 Å². The first kappa shape index (κ1) is 15.2. The maximum absolute atomic E-state index is 11.6. The summed E-state index contributed by atoms with van der Waals surface area (Å²) in [6, 6.07) is 0.0519. The molecule has 0 saturated carbocycles. The second kappa shape index (κ2) is 6.89. The number of hydrogen-bond donors (Lipinski definition) is 2. The minimum absolute atomic E-state index is 0.0519. The lowest BCUT2D eigenvalue weighted by molar-refractivity contribution is -0.121. The number of rotatable bonds is 6. The number of carbonyl (C=O) groups excluding carboxylic acids is 1. The van der Waals surface area contributed by atoms with Crippen molar-refractivity contribution in [1.82, 2.24) is 10.0 Å². The number of sulfonamides is 1. The van der Waals surface area contributed by atoms with Crippen LogP contribution < -0.4 is 10.0 Å². The summed E-state index contributed by atoms with van der Waals surface area (Å²) in [5.41, 5.74) is 1.28. The van der Waals surface area contributed by atoms with Gasteiger partial charge >= 0.3 is 0 Å². The summed E-state index contributed by atoms with van der Waals surface area (Å²) < 4.78 is 24.0. The highest BCUT2D eigenvalue weighted by Gasteiger charge is 2.14. The zero-order chi connectivity index (χ0) is 13.6. The Morgan fingerprint density at radius 2 is 2.17 bits per heavy atom. The molecule has 1 atom stereocenters. The Kier molecular flexibility index (Phi) is 5.81.